The van der Waals surface area contributed by atoms with Crippen molar-refractivity contribution in [1.29, 1.82) is 0 Å². The molecule has 2 atom stereocenters. The lowest BCUT2D eigenvalue weighted by atomic mass is 9.71. The summed E-state index contributed by atoms with van der Waals surface area (Å²) in [6, 6.07) is 13.6. The molecule has 0 N–H and O–H groups in total. The molecule has 0 radical (unpaired) electrons. The van der Waals surface area contributed by atoms with Crippen molar-refractivity contribution in [2.24, 2.45) is 5.92 Å². The summed E-state index contributed by atoms with van der Waals surface area (Å²) in [5.41, 5.74) is 3.26. The number of benzene rings is 1. The van der Waals surface area contributed by atoms with E-state index in [4.69, 9.17) is 0 Å². The molecule has 0 amide bonds. The van der Waals surface area contributed by atoms with Crippen LogP contribution in [0.4, 0.5) is 0 Å². The fourth-order valence-corrected chi connectivity index (χ4v) is 4.79. The first-order valence-corrected chi connectivity index (χ1v) is 8.60. The Morgan fingerprint density at radius 1 is 1.10 bits per heavy atom. The Morgan fingerprint density at radius 2 is 2.05 bits per heavy atom. The Hall–Kier alpha value is -1.12. The first kappa shape index (κ1) is 12.6. The molecule has 0 spiro atoms. The molecule has 1 aliphatic carbocycles. The van der Waals surface area contributed by atoms with E-state index >= 15 is 0 Å². The van der Waals surface area contributed by atoms with Crippen LogP contribution in [-0.4, -0.2) is 18.0 Å². The largest absolute Gasteiger partial charge is 0.298 e. The van der Waals surface area contributed by atoms with Gasteiger partial charge in [0.2, 0.25) is 0 Å². The number of fused-ring (bicyclic) bond motifs is 3. The van der Waals surface area contributed by atoms with Crippen molar-refractivity contribution in [2.75, 3.05) is 13.1 Å². The molecule has 2 heterocycles. The van der Waals surface area contributed by atoms with E-state index in [0.29, 0.717) is 0 Å². The van der Waals surface area contributed by atoms with Crippen molar-refractivity contribution in [1.82, 2.24) is 4.90 Å². The Kier molecular flexibility index (Phi) is 3.37. The van der Waals surface area contributed by atoms with Crippen LogP contribution in [0.2, 0.25) is 0 Å². The third kappa shape index (κ3) is 2.32. The van der Waals surface area contributed by atoms with Crippen LogP contribution < -0.4 is 0 Å². The molecular formula is C18H21NS. The second-order valence-electron chi connectivity index (χ2n) is 6.21. The van der Waals surface area contributed by atoms with Gasteiger partial charge in [0, 0.05) is 18.0 Å². The molecule has 20 heavy (non-hydrogen) atoms. The number of piperidine rings is 1. The highest BCUT2D eigenvalue weighted by molar-refractivity contribution is 7.09. The Labute approximate surface area is 125 Å². The molecule has 1 aromatic heterocycles. The van der Waals surface area contributed by atoms with Crippen molar-refractivity contribution < 1.29 is 0 Å². The van der Waals surface area contributed by atoms with Crippen LogP contribution in [-0.2, 0) is 13.0 Å². The fourth-order valence-electron chi connectivity index (χ4n) is 4.04. The number of hydrogen-bond donors (Lipinski definition) is 0. The maximum absolute atomic E-state index is 2.67. The zero-order valence-electron chi connectivity index (χ0n) is 11.8. The van der Waals surface area contributed by atoms with Gasteiger partial charge >= 0.3 is 0 Å². The highest BCUT2D eigenvalue weighted by atomic mass is 32.1. The summed E-state index contributed by atoms with van der Waals surface area (Å²) in [5, 5.41) is 2.19. The average molecular weight is 283 g/mol. The van der Waals surface area contributed by atoms with E-state index in [-0.39, 0.29) is 0 Å². The minimum Gasteiger partial charge on any atom is -0.298 e. The topological polar surface area (TPSA) is 3.24 Å². The maximum atomic E-state index is 2.67. The van der Waals surface area contributed by atoms with E-state index < -0.39 is 0 Å². The first-order valence-electron chi connectivity index (χ1n) is 7.73. The highest BCUT2D eigenvalue weighted by Crippen LogP contribution is 2.41. The predicted molar refractivity (Wildman–Crippen MR) is 85.2 cm³/mol. The highest BCUT2D eigenvalue weighted by Gasteiger charge is 2.34. The molecule has 104 valence electrons. The van der Waals surface area contributed by atoms with Crippen molar-refractivity contribution in [2.45, 2.75) is 31.7 Å². The van der Waals surface area contributed by atoms with Crippen LogP contribution in [0.5, 0.6) is 0 Å². The maximum Gasteiger partial charge on any atom is 0.0328 e. The van der Waals surface area contributed by atoms with Gasteiger partial charge in [0.1, 0.15) is 0 Å². The quantitative estimate of drug-likeness (QED) is 0.794. The van der Waals surface area contributed by atoms with Gasteiger partial charge in [0.05, 0.1) is 0 Å². The summed E-state index contributed by atoms with van der Waals surface area (Å²) < 4.78 is 0. The lowest BCUT2D eigenvalue weighted by molar-refractivity contribution is 0.136. The van der Waals surface area contributed by atoms with Gasteiger partial charge in [-0.1, -0.05) is 30.3 Å². The second-order valence-corrected chi connectivity index (χ2v) is 7.24. The molecule has 2 aliphatic rings. The number of hydrogen-bond acceptors (Lipinski definition) is 2. The Morgan fingerprint density at radius 3 is 2.95 bits per heavy atom. The van der Waals surface area contributed by atoms with Gasteiger partial charge in [-0.2, -0.15) is 0 Å². The monoisotopic (exact) mass is 283 g/mol. The van der Waals surface area contributed by atoms with Gasteiger partial charge in [-0.05, 0) is 60.2 Å². The fraction of sp³-hybridized carbons (Fsp3) is 0.444. The van der Waals surface area contributed by atoms with Gasteiger partial charge in [-0.3, -0.25) is 4.90 Å². The van der Waals surface area contributed by atoms with E-state index in [2.05, 4.69) is 46.7 Å². The molecule has 1 fully saturated rings. The smallest absolute Gasteiger partial charge is 0.0328 e. The lowest BCUT2D eigenvalue weighted by Gasteiger charge is -2.42. The Bertz CT molecular complexity index is 575. The van der Waals surface area contributed by atoms with Crippen LogP contribution in [0.25, 0.3) is 0 Å². The second kappa shape index (κ2) is 5.34. The van der Waals surface area contributed by atoms with Gasteiger partial charge < -0.3 is 0 Å². The zero-order valence-corrected chi connectivity index (χ0v) is 12.6. The van der Waals surface area contributed by atoms with Crippen LogP contribution in [0, 0.1) is 5.92 Å². The molecule has 1 aliphatic heterocycles. The van der Waals surface area contributed by atoms with E-state index in [1.54, 1.807) is 11.1 Å². The summed E-state index contributed by atoms with van der Waals surface area (Å²) in [5.74, 6) is 1.69. The van der Waals surface area contributed by atoms with Crippen molar-refractivity contribution in [3.63, 3.8) is 0 Å². The molecule has 1 saturated heterocycles. The SMILES string of the molecule is c1csc(CN2CCC3c4ccccc4CCC3C2)c1. The van der Waals surface area contributed by atoms with Gasteiger partial charge in [0.15, 0.2) is 0 Å². The van der Waals surface area contributed by atoms with Crippen molar-refractivity contribution >= 4 is 11.3 Å². The van der Waals surface area contributed by atoms with Crippen LogP contribution in [0.3, 0.4) is 0 Å². The summed E-state index contributed by atoms with van der Waals surface area (Å²) >= 11 is 1.89. The molecule has 1 nitrogen and oxygen atoms in total. The van der Waals surface area contributed by atoms with E-state index in [1.807, 2.05) is 11.3 Å². The molecule has 0 saturated carbocycles. The molecule has 2 heteroatoms. The standard InChI is InChI=1S/C18H21NS/c1-2-6-17-14(4-1)7-8-15-12-19(10-9-18(15)17)13-16-5-3-11-20-16/h1-6,11,15,18H,7-10,12-13H2. The normalized spacial score (nSPS) is 26.0. The Balaban J connectivity index is 1.49. The number of nitrogens with zero attached hydrogens (tertiary/aromatic N) is 1. The van der Waals surface area contributed by atoms with E-state index in [9.17, 15) is 0 Å². The third-order valence-corrected chi connectivity index (χ3v) is 5.88. The lowest BCUT2D eigenvalue weighted by Crippen LogP contribution is -2.40. The molecular weight excluding hydrogens is 262 g/mol. The summed E-state index contributed by atoms with van der Waals surface area (Å²) in [6.45, 7) is 3.70. The van der Waals surface area contributed by atoms with Crippen LogP contribution in [0.15, 0.2) is 41.8 Å². The van der Waals surface area contributed by atoms with Gasteiger partial charge in [0.25, 0.3) is 0 Å². The minimum absolute atomic E-state index is 0.819. The first-order chi connectivity index (χ1) is 9.90. The molecule has 2 aromatic rings. The van der Waals surface area contributed by atoms with Gasteiger partial charge in [-0.25, -0.2) is 0 Å². The summed E-state index contributed by atoms with van der Waals surface area (Å²) in [7, 11) is 0. The average Bonchev–Trinajstić information content (AvgIpc) is 3.00. The van der Waals surface area contributed by atoms with Crippen LogP contribution >= 0.6 is 11.3 Å². The number of aryl methyl sites for hydroxylation is 1. The van der Waals surface area contributed by atoms with Crippen molar-refractivity contribution in [3.8, 4) is 0 Å². The third-order valence-electron chi connectivity index (χ3n) is 5.02. The van der Waals surface area contributed by atoms with Gasteiger partial charge in [-0.15, -0.1) is 11.3 Å². The molecule has 4 rings (SSSR count). The molecule has 2 unspecified atom stereocenters. The molecule has 1 aromatic carbocycles. The van der Waals surface area contributed by atoms with Crippen molar-refractivity contribution in [3.05, 3.63) is 57.8 Å². The molecule has 0 bridgehead atoms. The zero-order chi connectivity index (χ0) is 13.4. The predicted octanol–water partition coefficient (Wildman–Crippen LogP) is 4.30. The number of likely N-dealkylation sites (tertiary alicyclic amines) is 1. The van der Waals surface area contributed by atoms with E-state index in [1.165, 1.54) is 37.2 Å². The van der Waals surface area contributed by atoms with E-state index in [0.717, 1.165) is 18.4 Å². The van der Waals surface area contributed by atoms with Crippen LogP contribution in [0.1, 0.15) is 34.8 Å². The summed E-state index contributed by atoms with van der Waals surface area (Å²) in [4.78, 5) is 4.18. The summed E-state index contributed by atoms with van der Waals surface area (Å²) in [6.07, 6.45) is 4.00. The number of thiophene rings is 1. The minimum atomic E-state index is 0.819. The number of rotatable bonds is 2.